The van der Waals surface area contributed by atoms with Crippen molar-refractivity contribution in [2.45, 2.75) is 75.7 Å². The molecule has 2 aromatic rings. The molecule has 40 heavy (non-hydrogen) atoms. The normalized spacial score (nSPS) is 26.9. The van der Waals surface area contributed by atoms with Crippen LogP contribution in [0, 0.1) is 6.92 Å². The molecular formula is C29H30F6N2O3. The topological polar surface area (TPSA) is 49.9 Å². The molecule has 5 atom stereocenters. The van der Waals surface area contributed by atoms with Crippen molar-refractivity contribution in [1.82, 2.24) is 9.80 Å². The molecule has 2 aromatic carbocycles. The van der Waals surface area contributed by atoms with Gasteiger partial charge in [-0.25, -0.2) is 0 Å². The summed E-state index contributed by atoms with van der Waals surface area (Å²) >= 11 is 0. The highest BCUT2D eigenvalue weighted by atomic mass is 19.4. The number of carbonyl (C=O) groups excluding carboxylic acids is 2. The standard InChI is InChI=1S/C29H30F6N2O3/c1-16-5-3-4-6-22(16)26-23-14-24(36-9-7-21(38)8-10-36)27(39)37(23)15-25(26)40-17(2)18-11-19(28(30,31)32)13-20(12-18)29(33,34)35/h3-6,11-13,17,23-26H,7-10,14-15H2,1-2H3/t17-,23?,24?,25+,26+/m1/s1. The summed E-state index contributed by atoms with van der Waals surface area (Å²) < 4.78 is 87.1. The van der Waals surface area contributed by atoms with Crippen molar-refractivity contribution in [3.8, 4) is 0 Å². The Labute approximate surface area is 228 Å². The first-order valence-corrected chi connectivity index (χ1v) is 13.3. The first-order valence-electron chi connectivity index (χ1n) is 13.3. The second-order valence-electron chi connectivity index (χ2n) is 10.9. The number of aryl methyl sites for hydroxylation is 1. The molecule has 3 heterocycles. The summed E-state index contributed by atoms with van der Waals surface area (Å²) in [7, 11) is 0. The van der Waals surface area contributed by atoms with Crippen LogP contribution in [0.25, 0.3) is 0 Å². The van der Waals surface area contributed by atoms with Crippen molar-refractivity contribution in [3.63, 3.8) is 0 Å². The molecule has 3 saturated heterocycles. The van der Waals surface area contributed by atoms with E-state index in [1.165, 1.54) is 6.92 Å². The fourth-order valence-corrected chi connectivity index (χ4v) is 6.37. The number of hydrogen-bond acceptors (Lipinski definition) is 4. The van der Waals surface area contributed by atoms with Gasteiger partial charge in [0.2, 0.25) is 5.91 Å². The molecule has 1 amide bonds. The van der Waals surface area contributed by atoms with Crippen LogP contribution in [-0.4, -0.2) is 59.3 Å². The summed E-state index contributed by atoms with van der Waals surface area (Å²) in [6.45, 7) is 4.55. The number of likely N-dealkylation sites (tertiary alicyclic amines) is 1. The SMILES string of the molecule is Cc1ccccc1[C@H]1C2CC(N3CCC(=O)CC3)C(=O)N2C[C@@H]1O[C@H](C)c1cc(C(F)(F)F)cc(C(F)(F)F)c1. The lowest BCUT2D eigenvalue weighted by atomic mass is 9.85. The molecule has 5 nitrogen and oxygen atoms in total. The Morgan fingerprint density at radius 3 is 2.10 bits per heavy atom. The molecule has 0 spiro atoms. The maximum absolute atomic E-state index is 13.5. The lowest BCUT2D eigenvalue weighted by molar-refractivity contribution is -0.143. The highest BCUT2D eigenvalue weighted by molar-refractivity contribution is 5.86. The molecule has 5 rings (SSSR count). The summed E-state index contributed by atoms with van der Waals surface area (Å²) in [5.74, 6) is -0.238. The molecule has 3 aliphatic heterocycles. The molecule has 0 radical (unpaired) electrons. The van der Waals surface area contributed by atoms with E-state index in [0.717, 1.165) is 11.1 Å². The smallest absolute Gasteiger partial charge is 0.368 e. The van der Waals surface area contributed by atoms with Crippen LogP contribution in [-0.2, 0) is 26.7 Å². The van der Waals surface area contributed by atoms with Crippen LogP contribution in [0.1, 0.15) is 66.0 Å². The number of ether oxygens (including phenoxy) is 1. The van der Waals surface area contributed by atoms with Crippen molar-refractivity contribution >= 4 is 11.7 Å². The van der Waals surface area contributed by atoms with Gasteiger partial charge in [0.25, 0.3) is 0 Å². The van der Waals surface area contributed by atoms with Gasteiger partial charge in [-0.05, 0) is 55.2 Å². The summed E-state index contributed by atoms with van der Waals surface area (Å²) in [5.41, 5.74) is -1.15. The Kier molecular flexibility index (Phi) is 7.50. The Morgan fingerprint density at radius 2 is 1.52 bits per heavy atom. The lowest BCUT2D eigenvalue weighted by Crippen LogP contribution is -2.46. The number of ketones is 1. The third kappa shape index (κ3) is 5.50. The van der Waals surface area contributed by atoms with Gasteiger partial charge in [0.1, 0.15) is 5.78 Å². The highest BCUT2D eigenvalue weighted by Crippen LogP contribution is 2.46. The van der Waals surface area contributed by atoms with Gasteiger partial charge < -0.3 is 9.64 Å². The quantitative estimate of drug-likeness (QED) is 0.421. The number of carbonyl (C=O) groups is 2. The Morgan fingerprint density at radius 1 is 0.925 bits per heavy atom. The minimum absolute atomic E-state index is 0.0879. The molecular weight excluding hydrogens is 538 g/mol. The van der Waals surface area contributed by atoms with E-state index in [-0.39, 0.29) is 47.9 Å². The molecule has 11 heteroatoms. The molecule has 3 aliphatic rings. The first-order chi connectivity index (χ1) is 18.7. The van der Waals surface area contributed by atoms with E-state index < -0.39 is 35.7 Å². The molecule has 0 aliphatic carbocycles. The molecule has 0 saturated carbocycles. The van der Waals surface area contributed by atoms with Crippen LogP contribution < -0.4 is 0 Å². The number of hydrogen-bond donors (Lipinski definition) is 0. The zero-order valence-corrected chi connectivity index (χ0v) is 22.1. The molecule has 0 bridgehead atoms. The summed E-state index contributed by atoms with van der Waals surface area (Å²) in [5, 5.41) is 0. The van der Waals surface area contributed by atoms with Gasteiger partial charge in [-0.15, -0.1) is 0 Å². The van der Waals surface area contributed by atoms with Gasteiger partial charge in [0, 0.05) is 44.4 Å². The van der Waals surface area contributed by atoms with E-state index in [0.29, 0.717) is 44.5 Å². The Bertz CT molecular complexity index is 1250. The minimum Gasteiger partial charge on any atom is -0.368 e. The number of alkyl halides is 6. The van der Waals surface area contributed by atoms with Crippen LogP contribution in [0.2, 0.25) is 0 Å². The van der Waals surface area contributed by atoms with Gasteiger partial charge in [0.05, 0.1) is 29.4 Å². The van der Waals surface area contributed by atoms with Gasteiger partial charge in [-0.3, -0.25) is 14.5 Å². The second kappa shape index (κ2) is 10.5. The number of halogens is 6. The number of nitrogens with zero attached hydrogens (tertiary/aromatic N) is 2. The third-order valence-corrected chi connectivity index (χ3v) is 8.43. The average molecular weight is 569 g/mol. The Hall–Kier alpha value is -2.92. The number of piperidine rings is 1. The maximum Gasteiger partial charge on any atom is 0.416 e. The minimum atomic E-state index is -4.96. The average Bonchev–Trinajstić information content (AvgIpc) is 3.39. The number of benzene rings is 2. The van der Waals surface area contributed by atoms with Crippen LogP contribution in [0.4, 0.5) is 26.3 Å². The van der Waals surface area contributed by atoms with E-state index in [4.69, 9.17) is 4.74 Å². The summed E-state index contributed by atoms with van der Waals surface area (Å²) in [4.78, 5) is 29.0. The summed E-state index contributed by atoms with van der Waals surface area (Å²) in [6.07, 6.45) is -10.4. The highest BCUT2D eigenvalue weighted by Gasteiger charge is 2.54. The van der Waals surface area contributed by atoms with Crippen molar-refractivity contribution in [2.24, 2.45) is 0 Å². The number of amides is 1. The monoisotopic (exact) mass is 568 g/mol. The van der Waals surface area contributed by atoms with Crippen LogP contribution >= 0.6 is 0 Å². The fourth-order valence-electron chi connectivity index (χ4n) is 6.37. The predicted octanol–water partition coefficient (Wildman–Crippen LogP) is 5.91. The lowest BCUT2D eigenvalue weighted by Gasteiger charge is -2.32. The van der Waals surface area contributed by atoms with Gasteiger partial charge in [0.15, 0.2) is 0 Å². The Balaban J connectivity index is 1.44. The van der Waals surface area contributed by atoms with Crippen LogP contribution in [0.3, 0.4) is 0 Å². The van der Waals surface area contributed by atoms with Crippen molar-refractivity contribution in [3.05, 3.63) is 70.3 Å². The third-order valence-electron chi connectivity index (χ3n) is 8.43. The molecule has 0 aromatic heterocycles. The van der Waals surface area contributed by atoms with E-state index in [2.05, 4.69) is 0 Å². The van der Waals surface area contributed by atoms with Gasteiger partial charge in [-0.2, -0.15) is 26.3 Å². The number of fused-ring (bicyclic) bond motifs is 1. The maximum atomic E-state index is 13.5. The van der Waals surface area contributed by atoms with E-state index in [9.17, 15) is 35.9 Å². The van der Waals surface area contributed by atoms with Crippen LogP contribution in [0.5, 0.6) is 0 Å². The largest absolute Gasteiger partial charge is 0.416 e. The van der Waals surface area contributed by atoms with E-state index in [1.54, 1.807) is 4.90 Å². The van der Waals surface area contributed by atoms with Gasteiger partial charge in [-0.1, -0.05) is 24.3 Å². The number of Topliss-reactive ketones (excluding diaryl/α,β-unsaturated/α-hetero) is 1. The summed E-state index contributed by atoms with van der Waals surface area (Å²) in [6, 6.07) is 8.44. The predicted molar refractivity (Wildman–Crippen MR) is 133 cm³/mol. The molecule has 216 valence electrons. The van der Waals surface area contributed by atoms with Crippen LogP contribution in [0.15, 0.2) is 42.5 Å². The first kappa shape index (κ1) is 28.6. The zero-order valence-electron chi connectivity index (χ0n) is 22.1. The molecule has 0 N–H and O–H groups in total. The molecule has 2 unspecified atom stereocenters. The second-order valence-corrected chi connectivity index (χ2v) is 10.9. The van der Waals surface area contributed by atoms with Gasteiger partial charge >= 0.3 is 12.4 Å². The molecule has 3 fully saturated rings. The van der Waals surface area contributed by atoms with Crippen molar-refractivity contribution in [2.75, 3.05) is 19.6 Å². The zero-order chi connectivity index (χ0) is 29.0. The van der Waals surface area contributed by atoms with E-state index >= 15 is 0 Å². The van der Waals surface area contributed by atoms with E-state index in [1.807, 2.05) is 36.1 Å². The number of rotatable bonds is 5. The van der Waals surface area contributed by atoms with Crippen molar-refractivity contribution < 1.29 is 40.7 Å². The fraction of sp³-hybridized carbons (Fsp3) is 0.517. The van der Waals surface area contributed by atoms with Crippen molar-refractivity contribution in [1.29, 1.82) is 0 Å².